The lowest BCUT2D eigenvalue weighted by Crippen LogP contribution is -2.70. The minimum Gasteiger partial charge on any atom is -0.444 e. The summed E-state index contributed by atoms with van der Waals surface area (Å²) in [7, 11) is 0. The number of benzene rings is 2. The van der Waals surface area contributed by atoms with Gasteiger partial charge in [0, 0.05) is 42.7 Å². The summed E-state index contributed by atoms with van der Waals surface area (Å²) in [5.41, 5.74) is 1.40. The Hall–Kier alpha value is -5.98. The molecule has 440 valence electrons. The van der Waals surface area contributed by atoms with Crippen LogP contribution in [0.2, 0.25) is 0 Å². The summed E-state index contributed by atoms with van der Waals surface area (Å²) in [4.78, 5) is 69.5. The smallest absolute Gasteiger partial charge is 0.412 e. The van der Waals surface area contributed by atoms with E-state index in [1.54, 1.807) is 30.6 Å². The van der Waals surface area contributed by atoms with E-state index in [1.165, 1.54) is 23.5 Å². The van der Waals surface area contributed by atoms with Crippen molar-refractivity contribution in [2.24, 2.45) is 0 Å². The number of anilines is 3. The number of nitrogens with zero attached hydrogens (tertiary/aromatic N) is 10. The number of piperidine rings is 2. The number of hydrogen-bond donors (Lipinski definition) is 1. The van der Waals surface area contributed by atoms with Gasteiger partial charge in [-0.15, -0.1) is 11.3 Å². The summed E-state index contributed by atoms with van der Waals surface area (Å²) in [6, 6.07) is 2.17. The zero-order valence-corrected chi connectivity index (χ0v) is 51.9. The van der Waals surface area contributed by atoms with Gasteiger partial charge < -0.3 is 43.3 Å². The fourth-order valence-electron chi connectivity index (χ4n) is 11.7. The number of piperazine rings is 2. The Morgan fingerprint density at radius 2 is 1.16 bits per heavy atom. The van der Waals surface area contributed by atoms with E-state index in [0.29, 0.717) is 87.8 Å². The quantitative estimate of drug-likeness (QED) is 0.0853. The zero-order valence-electron chi connectivity index (χ0n) is 47.8. The van der Waals surface area contributed by atoms with Gasteiger partial charge in [-0.1, -0.05) is 37.4 Å². The molecule has 12 rings (SSSR count). The van der Waals surface area contributed by atoms with Crippen molar-refractivity contribution in [1.82, 2.24) is 34.7 Å². The molecular weight excluding hydrogens is 1200 g/mol. The van der Waals surface area contributed by atoms with E-state index in [0.717, 1.165) is 58.5 Å². The maximum absolute atomic E-state index is 17.3. The molecule has 0 spiro atoms. The number of halogens is 4. The Kier molecular flexibility index (Phi) is 15.7. The van der Waals surface area contributed by atoms with Crippen LogP contribution in [0.3, 0.4) is 0 Å². The number of thiophene rings is 1. The molecule has 0 saturated carbocycles. The number of likely N-dealkylation sites (tertiary alicyclic amines) is 2. The van der Waals surface area contributed by atoms with Gasteiger partial charge in [0.2, 0.25) is 0 Å². The molecule has 6 aromatic rings. The second kappa shape index (κ2) is 22.1. The maximum Gasteiger partial charge on any atom is 0.412 e. The molecule has 10 heterocycles. The fourth-order valence-corrected chi connectivity index (χ4v) is 14.4. The third kappa shape index (κ3) is 11.1. The molecule has 6 aliphatic rings. The van der Waals surface area contributed by atoms with Crippen LogP contribution in [0, 0.1) is 28.8 Å². The number of ether oxygens (including phenoxy) is 5. The van der Waals surface area contributed by atoms with Crippen molar-refractivity contribution in [3.63, 3.8) is 0 Å². The molecule has 19 nitrogen and oxygen atoms in total. The highest BCUT2D eigenvalue weighted by molar-refractivity contribution is 9.10. The SMILES string of the molecule is CCSc1nc(N2C3CC2CN(C(=O)OC(C)(C)C)C3)c2c3c(c(-c4ncc(F)c5sc(NC(=O)OC(C)(C)C)c(C#N)c45)c(F)c2n1)COC3.CCSc1nc(N2C3CC2CN(C(=O)OC(C)(C)C)C3)c2c3c(c(Br)c(F)c2n1)COC3. The lowest BCUT2D eigenvalue weighted by atomic mass is 9.86. The van der Waals surface area contributed by atoms with Crippen molar-refractivity contribution < 1.29 is 51.2 Å². The van der Waals surface area contributed by atoms with Gasteiger partial charge in [0.25, 0.3) is 0 Å². The predicted octanol–water partition coefficient (Wildman–Crippen LogP) is 12.6. The normalized spacial score (nSPS) is 19.9. The van der Waals surface area contributed by atoms with Gasteiger partial charge in [-0.05, 0) is 119 Å². The van der Waals surface area contributed by atoms with E-state index in [1.807, 2.05) is 55.4 Å². The molecule has 0 radical (unpaired) electrons. The number of fused-ring (bicyclic) bond motifs is 11. The second-order valence-electron chi connectivity index (χ2n) is 24.1. The van der Waals surface area contributed by atoms with Gasteiger partial charge in [-0.25, -0.2) is 47.5 Å². The van der Waals surface area contributed by atoms with Crippen LogP contribution in [0.25, 0.3) is 43.1 Å². The number of pyridine rings is 1. The fraction of sp³-hybridized carbons (Fsp3) is 0.526. The summed E-state index contributed by atoms with van der Waals surface area (Å²) < 4.78 is 76.7. The molecule has 4 aromatic heterocycles. The second-order valence-corrected chi connectivity index (χ2v) is 28.3. The molecule has 3 amide bonds. The Morgan fingerprint density at radius 1 is 0.699 bits per heavy atom. The van der Waals surface area contributed by atoms with Crippen molar-refractivity contribution in [1.29, 1.82) is 5.26 Å². The van der Waals surface area contributed by atoms with Gasteiger partial charge in [0.05, 0.1) is 88.0 Å². The highest BCUT2D eigenvalue weighted by Gasteiger charge is 2.50. The molecule has 6 aliphatic heterocycles. The summed E-state index contributed by atoms with van der Waals surface area (Å²) in [5, 5.41) is 15.2. The zero-order chi connectivity index (χ0) is 59.4. The van der Waals surface area contributed by atoms with E-state index in [9.17, 15) is 19.6 Å². The first-order valence-electron chi connectivity index (χ1n) is 27.5. The average Bonchev–Trinajstić information content (AvgIpc) is 2.53. The van der Waals surface area contributed by atoms with Gasteiger partial charge in [-0.2, -0.15) is 5.26 Å². The molecule has 26 heteroatoms. The molecule has 4 saturated heterocycles. The van der Waals surface area contributed by atoms with Gasteiger partial charge in [-0.3, -0.25) is 10.3 Å². The van der Waals surface area contributed by atoms with Crippen LogP contribution in [0.4, 0.5) is 44.2 Å². The van der Waals surface area contributed by atoms with Crippen molar-refractivity contribution in [2.75, 3.05) is 52.8 Å². The predicted molar refractivity (Wildman–Crippen MR) is 315 cm³/mol. The van der Waals surface area contributed by atoms with Crippen LogP contribution >= 0.6 is 50.8 Å². The van der Waals surface area contributed by atoms with Crippen molar-refractivity contribution >= 4 is 118 Å². The van der Waals surface area contributed by atoms with E-state index in [-0.39, 0.29) is 92.8 Å². The maximum atomic E-state index is 17.3. The number of thioether (sulfide) groups is 2. The molecule has 2 aromatic carbocycles. The Bertz CT molecular complexity index is 3690. The molecule has 4 fully saturated rings. The van der Waals surface area contributed by atoms with E-state index in [2.05, 4.69) is 47.1 Å². The first-order valence-corrected chi connectivity index (χ1v) is 31.0. The number of nitriles is 1. The summed E-state index contributed by atoms with van der Waals surface area (Å²) in [5.74, 6) is 0.965. The highest BCUT2D eigenvalue weighted by Crippen LogP contribution is 2.50. The standard InChI is InChI=1S/C35H37F2N7O5S2.C22H26BrFN4O3S/c1-8-50-31-40-27-24(29(41-31)44-16-9-17(44)13-43(12-16)33(46)49-35(5,6)7)20-15-47-14-19(20)22(25(27)37)26-23-18(10-38)30(42-32(45)48-34(2,3)4)51-28(23)21(36)11-39-26;1-5-32-20-25-18-15(13-9-30-10-14(13)16(23)17(18)24)19(26-20)28-11-6-12(28)8-27(7-11)21(29)31-22(2,3)4/h11,16-17H,8-9,12-15H2,1-7H3,(H,42,45);11-12H,5-10H2,1-4H3. The number of aromatic nitrogens is 5. The van der Waals surface area contributed by atoms with E-state index in [4.69, 9.17) is 38.6 Å². The Morgan fingerprint density at radius 3 is 1.63 bits per heavy atom. The van der Waals surface area contributed by atoms with Gasteiger partial charge in [0.1, 0.15) is 50.5 Å². The molecule has 0 aliphatic carbocycles. The number of carbonyl (C=O) groups excluding carboxylic acids is 3. The minimum absolute atomic E-state index is 0.0309. The van der Waals surface area contributed by atoms with Crippen molar-refractivity contribution in [2.45, 2.75) is 167 Å². The van der Waals surface area contributed by atoms with Crippen molar-refractivity contribution in [3.05, 3.63) is 55.9 Å². The van der Waals surface area contributed by atoms with Crippen LogP contribution in [-0.2, 0) is 50.1 Å². The number of rotatable bonds is 8. The van der Waals surface area contributed by atoms with Gasteiger partial charge >= 0.3 is 18.3 Å². The third-order valence-corrected chi connectivity index (χ3v) is 18.2. The van der Waals surface area contributed by atoms with Crippen LogP contribution in [0.1, 0.15) is 117 Å². The molecule has 4 unspecified atom stereocenters. The number of carbonyl (C=O) groups is 3. The molecular formula is C57H63BrF3N11O8S3. The molecule has 4 atom stereocenters. The van der Waals surface area contributed by atoms with Crippen LogP contribution in [0.15, 0.2) is 21.0 Å². The highest BCUT2D eigenvalue weighted by atomic mass is 79.9. The summed E-state index contributed by atoms with van der Waals surface area (Å²) in [6.07, 6.45) is 1.32. The molecule has 4 bridgehead atoms. The van der Waals surface area contributed by atoms with Crippen LogP contribution < -0.4 is 15.1 Å². The van der Waals surface area contributed by atoms with Crippen LogP contribution in [0.5, 0.6) is 0 Å². The topological polar surface area (TPSA) is 211 Å². The number of amides is 3. The summed E-state index contributed by atoms with van der Waals surface area (Å²) >= 11 is 7.13. The number of hydrogen-bond acceptors (Lipinski definition) is 19. The molecule has 83 heavy (non-hydrogen) atoms. The Balaban J connectivity index is 0.000000193. The lowest BCUT2D eigenvalue weighted by molar-refractivity contribution is 0.00766. The molecule has 1 N–H and O–H groups in total. The third-order valence-electron chi connectivity index (χ3n) is 14.8. The monoisotopic (exact) mass is 1260 g/mol. The van der Waals surface area contributed by atoms with Gasteiger partial charge in [0.15, 0.2) is 27.8 Å². The minimum atomic E-state index is -0.818. The Labute approximate surface area is 498 Å². The summed E-state index contributed by atoms with van der Waals surface area (Å²) in [6.45, 7) is 23.1. The first-order chi connectivity index (χ1) is 39.3. The number of nitrogens with one attached hydrogen (secondary N) is 1. The van der Waals surface area contributed by atoms with Crippen LogP contribution in [-0.4, -0.2) is 132 Å². The van der Waals surface area contributed by atoms with E-state index < -0.39 is 34.5 Å². The average molecular weight is 1260 g/mol. The largest absolute Gasteiger partial charge is 0.444 e. The first kappa shape index (κ1) is 58.8. The van der Waals surface area contributed by atoms with E-state index >= 15 is 13.2 Å². The van der Waals surface area contributed by atoms with Crippen molar-refractivity contribution in [3.8, 4) is 17.3 Å². The lowest BCUT2D eigenvalue weighted by Gasteiger charge is -2.56.